The van der Waals surface area contributed by atoms with Gasteiger partial charge >= 0.3 is 6.18 Å². The van der Waals surface area contributed by atoms with Crippen molar-refractivity contribution in [1.82, 2.24) is 0 Å². The summed E-state index contributed by atoms with van der Waals surface area (Å²) in [5.74, 6) is -0.438. The predicted molar refractivity (Wildman–Crippen MR) is 151 cm³/mol. The molecule has 0 aromatic heterocycles. The summed E-state index contributed by atoms with van der Waals surface area (Å²) < 4.78 is 52.8. The third-order valence-corrected chi connectivity index (χ3v) is 5.60. The van der Waals surface area contributed by atoms with Crippen molar-refractivity contribution in [3.05, 3.63) is 139 Å². The van der Waals surface area contributed by atoms with Gasteiger partial charge in [0.25, 0.3) is 0 Å². The van der Waals surface area contributed by atoms with E-state index >= 15 is 0 Å². The Morgan fingerprint density at radius 2 is 1.76 bits per heavy atom. The van der Waals surface area contributed by atoms with E-state index in [-0.39, 0.29) is 0 Å². The Hall–Kier alpha value is -3.44. The van der Waals surface area contributed by atoms with Gasteiger partial charge in [-0.25, -0.2) is 4.39 Å². The lowest BCUT2D eigenvalue weighted by molar-refractivity contribution is -0.0576. The van der Waals surface area contributed by atoms with Crippen LogP contribution in [0.2, 0.25) is 5.02 Å². The van der Waals surface area contributed by atoms with Gasteiger partial charge < -0.3 is 0 Å². The van der Waals surface area contributed by atoms with Crippen molar-refractivity contribution in [1.29, 1.82) is 0 Å². The highest BCUT2D eigenvalue weighted by molar-refractivity contribution is 6.32. The maximum absolute atomic E-state index is 14.8. The third kappa shape index (κ3) is 10.2. The summed E-state index contributed by atoms with van der Waals surface area (Å²) in [6, 6.07) is 4.55. The molecule has 1 rings (SSSR count). The molecule has 0 fully saturated rings. The minimum atomic E-state index is -4.55. The van der Waals surface area contributed by atoms with Crippen LogP contribution in [0.5, 0.6) is 0 Å². The molecule has 0 spiro atoms. The molecule has 0 atom stereocenters. The van der Waals surface area contributed by atoms with Crippen molar-refractivity contribution in [3.63, 3.8) is 0 Å². The Bertz CT molecular complexity index is 1150. The lowest BCUT2D eigenvalue weighted by Gasteiger charge is -2.17. The largest absolute Gasteiger partial charge is 0.433 e. The normalized spacial score (nSPS) is 13.6. The van der Waals surface area contributed by atoms with Crippen molar-refractivity contribution in [3.8, 4) is 0 Å². The average Bonchev–Trinajstić information content (AvgIpc) is 2.84. The zero-order valence-electron chi connectivity index (χ0n) is 21.1. The van der Waals surface area contributed by atoms with Crippen molar-refractivity contribution in [2.45, 2.75) is 38.8 Å². The Morgan fingerprint density at radius 1 is 1.05 bits per heavy atom. The van der Waals surface area contributed by atoms with Crippen LogP contribution in [-0.4, -0.2) is 11.9 Å². The molecule has 1 aromatic rings. The quantitative estimate of drug-likeness (QED) is 0.0983. The van der Waals surface area contributed by atoms with Gasteiger partial charge in [0.1, 0.15) is 11.5 Å². The smallest absolute Gasteiger partial charge is 0.252 e. The summed E-state index contributed by atoms with van der Waals surface area (Å²) in [7, 11) is 0. The predicted octanol–water partition coefficient (Wildman–Crippen LogP) is 10.5. The Kier molecular flexibility index (Phi) is 13.3. The Labute approximate surface area is 222 Å². The van der Waals surface area contributed by atoms with E-state index in [4.69, 9.17) is 11.6 Å². The maximum atomic E-state index is 14.8. The molecule has 196 valence electrons. The average molecular weight is 530 g/mol. The van der Waals surface area contributed by atoms with E-state index in [1.54, 1.807) is 30.4 Å². The number of benzene rings is 1. The molecule has 1 nitrogen and oxygen atoms in total. The van der Waals surface area contributed by atoms with Gasteiger partial charge in [0.05, 0.1) is 5.02 Å². The fraction of sp³-hybridized carbons (Fsp3) is 0.194. The summed E-state index contributed by atoms with van der Waals surface area (Å²) in [4.78, 5) is 3.38. The molecular weight excluding hydrogens is 498 g/mol. The van der Waals surface area contributed by atoms with Crippen molar-refractivity contribution in [2.75, 3.05) is 0 Å². The van der Waals surface area contributed by atoms with E-state index in [0.29, 0.717) is 59.1 Å². The number of halogens is 5. The molecule has 0 amide bonds. The molecule has 0 N–H and O–H groups in total. The monoisotopic (exact) mass is 529 g/mol. The topological polar surface area (TPSA) is 12.4 Å². The van der Waals surface area contributed by atoms with Gasteiger partial charge in [-0.15, -0.1) is 0 Å². The minimum absolute atomic E-state index is 0.291. The standard InChI is InChI=1S/C31H32ClF4N/c1-7-22(5)21-26(30-27(32)17-14-18-28(30)33)25(9-3)24(8-2)16-13-11-12-15-23(6)19-20-37-29(10-4)31(34,35)36/h7-8,10-11,13-14,17-21H,1-2,4-6,9,12,15-16H2,3H3/b13-11+,20-19-,25-24+,26-21+,37-29+. The van der Waals surface area contributed by atoms with Gasteiger partial charge in [-0.2, -0.15) is 13.2 Å². The molecule has 1 aromatic carbocycles. The van der Waals surface area contributed by atoms with Crippen molar-refractivity contribution in [2.24, 2.45) is 4.99 Å². The van der Waals surface area contributed by atoms with Crippen LogP contribution >= 0.6 is 11.6 Å². The second-order valence-electron chi connectivity index (χ2n) is 7.90. The molecule has 0 unspecified atom stereocenters. The number of hydrogen-bond donors (Lipinski definition) is 0. The van der Waals surface area contributed by atoms with Gasteiger partial charge in [0.15, 0.2) is 0 Å². The van der Waals surface area contributed by atoms with E-state index in [2.05, 4.69) is 37.9 Å². The Morgan fingerprint density at radius 3 is 2.30 bits per heavy atom. The summed E-state index contributed by atoms with van der Waals surface area (Å²) in [6.45, 7) is 20.6. The van der Waals surface area contributed by atoms with Gasteiger partial charge in [0.2, 0.25) is 0 Å². The van der Waals surface area contributed by atoms with E-state index < -0.39 is 17.7 Å². The van der Waals surface area contributed by atoms with E-state index in [1.165, 1.54) is 12.1 Å². The molecule has 0 radical (unpaired) electrons. The molecule has 0 saturated carbocycles. The molecule has 0 aliphatic rings. The maximum Gasteiger partial charge on any atom is 0.433 e. The summed E-state index contributed by atoms with van der Waals surface area (Å²) >= 11 is 6.38. The third-order valence-electron chi connectivity index (χ3n) is 5.28. The fourth-order valence-corrected chi connectivity index (χ4v) is 3.64. The van der Waals surface area contributed by atoms with Crippen LogP contribution in [0.1, 0.15) is 38.2 Å². The number of rotatable bonds is 14. The lowest BCUT2D eigenvalue weighted by atomic mass is 9.89. The first-order valence-corrected chi connectivity index (χ1v) is 12.0. The minimum Gasteiger partial charge on any atom is -0.252 e. The highest BCUT2D eigenvalue weighted by atomic mass is 35.5. The van der Waals surface area contributed by atoms with Gasteiger partial charge in [0, 0.05) is 11.8 Å². The highest BCUT2D eigenvalue weighted by Gasteiger charge is 2.32. The molecule has 0 heterocycles. The summed E-state index contributed by atoms with van der Waals surface area (Å²) in [5, 5.41) is 0.291. The first-order valence-electron chi connectivity index (χ1n) is 11.6. The van der Waals surface area contributed by atoms with E-state index in [1.807, 2.05) is 19.1 Å². The number of alkyl halides is 3. The second-order valence-corrected chi connectivity index (χ2v) is 8.31. The summed E-state index contributed by atoms with van der Waals surface area (Å²) in [6.07, 6.45) is 9.94. The van der Waals surface area contributed by atoms with Crippen LogP contribution in [0.15, 0.2) is 127 Å². The molecule has 0 saturated heterocycles. The van der Waals surface area contributed by atoms with Crippen LogP contribution < -0.4 is 0 Å². The van der Waals surface area contributed by atoms with Crippen LogP contribution in [-0.2, 0) is 0 Å². The first kappa shape index (κ1) is 31.6. The van der Waals surface area contributed by atoms with Crippen LogP contribution in [0.3, 0.4) is 0 Å². The van der Waals surface area contributed by atoms with Crippen LogP contribution in [0.25, 0.3) is 5.57 Å². The highest BCUT2D eigenvalue weighted by Crippen LogP contribution is 2.36. The fourth-order valence-electron chi connectivity index (χ4n) is 3.37. The lowest BCUT2D eigenvalue weighted by Crippen LogP contribution is -2.19. The molecule has 0 aliphatic heterocycles. The molecule has 0 aliphatic carbocycles. The van der Waals surface area contributed by atoms with Crippen LogP contribution in [0.4, 0.5) is 17.6 Å². The summed E-state index contributed by atoms with van der Waals surface area (Å²) in [5.41, 5.74) is 2.88. The van der Waals surface area contributed by atoms with Gasteiger partial charge in [-0.05, 0) is 78.3 Å². The molecule has 6 heteroatoms. The Balaban J connectivity index is 3.08. The first-order chi connectivity index (χ1) is 17.5. The van der Waals surface area contributed by atoms with Crippen LogP contribution in [0, 0.1) is 5.82 Å². The molecule has 37 heavy (non-hydrogen) atoms. The number of hydrogen-bond acceptors (Lipinski definition) is 1. The van der Waals surface area contributed by atoms with Gasteiger partial charge in [-0.1, -0.05) is 87.4 Å². The number of aliphatic imine (C=N–C) groups is 1. The van der Waals surface area contributed by atoms with E-state index in [0.717, 1.165) is 17.3 Å². The van der Waals surface area contributed by atoms with Crippen molar-refractivity contribution >= 4 is 22.9 Å². The zero-order chi connectivity index (χ0) is 28.0. The van der Waals surface area contributed by atoms with Crippen molar-refractivity contribution < 1.29 is 17.6 Å². The SMILES string of the molecule is C=CC(=C)/C=C(\C(CC)=C(/C=C)C/C=C/CCC(=C)/C=C\N=C(/C=C)C(F)(F)F)c1c(F)cccc1Cl. The number of nitrogens with zero attached hydrogens (tertiary/aromatic N) is 1. The molecule has 0 bridgehead atoms. The second kappa shape index (κ2) is 15.6. The van der Waals surface area contributed by atoms with Gasteiger partial charge in [-0.3, -0.25) is 4.99 Å². The molecular formula is C31H32ClF4N. The number of allylic oxidation sites excluding steroid dienone is 12. The zero-order valence-corrected chi connectivity index (χ0v) is 21.8. The van der Waals surface area contributed by atoms with E-state index in [9.17, 15) is 17.6 Å².